The van der Waals surface area contributed by atoms with E-state index < -0.39 is 11.7 Å². The van der Waals surface area contributed by atoms with Crippen LogP contribution in [0.5, 0.6) is 5.75 Å². The first kappa shape index (κ1) is 20.5. The smallest absolute Gasteiger partial charge is 0.297 e. The maximum atomic E-state index is 13.0. The lowest BCUT2D eigenvalue weighted by Gasteiger charge is -2.39. The van der Waals surface area contributed by atoms with E-state index in [9.17, 15) is 14.4 Å². The van der Waals surface area contributed by atoms with E-state index >= 15 is 0 Å². The van der Waals surface area contributed by atoms with Crippen molar-refractivity contribution in [1.82, 2.24) is 14.8 Å². The molecule has 1 aromatic heterocycles. The van der Waals surface area contributed by atoms with E-state index in [4.69, 9.17) is 4.74 Å². The van der Waals surface area contributed by atoms with Crippen molar-refractivity contribution in [3.63, 3.8) is 0 Å². The molecule has 0 bridgehead atoms. The summed E-state index contributed by atoms with van der Waals surface area (Å²) >= 11 is 0. The Bertz CT molecular complexity index is 1150. The van der Waals surface area contributed by atoms with Crippen molar-refractivity contribution < 1.29 is 19.1 Å². The van der Waals surface area contributed by atoms with Gasteiger partial charge in [0.25, 0.3) is 17.6 Å². The van der Waals surface area contributed by atoms with E-state index in [-0.39, 0.29) is 24.2 Å². The fraction of sp³-hybridized carbons (Fsp3) is 0.250. The van der Waals surface area contributed by atoms with E-state index in [1.165, 1.54) is 18.1 Å². The van der Waals surface area contributed by atoms with Gasteiger partial charge in [0.2, 0.25) is 0 Å². The zero-order chi connectivity index (χ0) is 22.0. The van der Waals surface area contributed by atoms with Gasteiger partial charge in [0.1, 0.15) is 11.4 Å². The Kier molecular flexibility index (Phi) is 5.66. The van der Waals surface area contributed by atoms with E-state index in [1.54, 1.807) is 23.1 Å². The lowest BCUT2D eigenvalue weighted by molar-refractivity contribution is -0.130. The van der Waals surface area contributed by atoms with Gasteiger partial charge in [0.15, 0.2) is 0 Å². The number of rotatable bonds is 4. The first-order valence-corrected chi connectivity index (χ1v) is 10.1. The topological polar surface area (TPSA) is 79.8 Å². The lowest BCUT2D eigenvalue weighted by atomic mass is 10.1. The highest BCUT2D eigenvalue weighted by Crippen LogP contribution is 2.25. The number of fused-ring (bicyclic) bond motifs is 1. The summed E-state index contributed by atoms with van der Waals surface area (Å²) < 4.78 is 5.39. The fourth-order valence-electron chi connectivity index (χ4n) is 3.88. The van der Waals surface area contributed by atoms with E-state index in [0.717, 1.165) is 5.39 Å². The third-order valence-corrected chi connectivity index (χ3v) is 5.52. The van der Waals surface area contributed by atoms with Crippen LogP contribution >= 0.6 is 0 Å². The summed E-state index contributed by atoms with van der Waals surface area (Å²) in [6.07, 6.45) is 0. The van der Waals surface area contributed by atoms with Crippen molar-refractivity contribution in [2.24, 2.45) is 0 Å². The minimum absolute atomic E-state index is 0.0514. The number of methoxy groups -OCH3 is 1. The molecule has 7 heteroatoms. The third-order valence-electron chi connectivity index (χ3n) is 5.52. The van der Waals surface area contributed by atoms with Gasteiger partial charge in [-0.1, -0.05) is 30.3 Å². The number of aromatic nitrogens is 1. The molecule has 2 amide bonds. The Morgan fingerprint density at radius 3 is 2.42 bits per heavy atom. The van der Waals surface area contributed by atoms with Crippen LogP contribution < -0.4 is 4.74 Å². The van der Waals surface area contributed by atoms with Crippen LogP contribution in [0.3, 0.4) is 0 Å². The zero-order valence-corrected chi connectivity index (χ0v) is 17.4. The third kappa shape index (κ3) is 3.99. The number of hydrogen-bond acceptors (Lipinski definition) is 5. The molecule has 2 heterocycles. The Labute approximate surface area is 180 Å². The molecule has 0 unspecified atom stereocenters. The first-order valence-electron chi connectivity index (χ1n) is 10.1. The van der Waals surface area contributed by atoms with Gasteiger partial charge in [-0.2, -0.15) is 0 Å². The highest BCUT2D eigenvalue weighted by molar-refractivity contribution is 6.42. The maximum absolute atomic E-state index is 13.0. The molecule has 1 aliphatic rings. The maximum Gasteiger partial charge on any atom is 0.297 e. The first-order chi connectivity index (χ1) is 15.0. The second kappa shape index (κ2) is 8.55. The Hall–Kier alpha value is -3.74. The van der Waals surface area contributed by atoms with Crippen LogP contribution in [0.2, 0.25) is 0 Å². The van der Waals surface area contributed by atoms with Crippen LogP contribution in [0.1, 0.15) is 27.8 Å². The van der Waals surface area contributed by atoms with Gasteiger partial charge in [-0.3, -0.25) is 14.4 Å². The Morgan fingerprint density at radius 1 is 1.00 bits per heavy atom. The van der Waals surface area contributed by atoms with Crippen LogP contribution in [0.15, 0.2) is 60.7 Å². The molecule has 7 nitrogen and oxygen atoms in total. The van der Waals surface area contributed by atoms with Gasteiger partial charge in [-0.25, -0.2) is 4.98 Å². The summed E-state index contributed by atoms with van der Waals surface area (Å²) in [5.41, 5.74) is 1.25. The molecule has 0 N–H and O–H groups in total. The highest BCUT2D eigenvalue weighted by atomic mass is 16.5. The Balaban J connectivity index is 1.51. The van der Waals surface area contributed by atoms with Crippen molar-refractivity contribution in [3.05, 3.63) is 71.9 Å². The van der Waals surface area contributed by atoms with Gasteiger partial charge in [-0.05, 0) is 31.2 Å². The van der Waals surface area contributed by atoms with Crippen molar-refractivity contribution in [3.8, 4) is 5.75 Å². The van der Waals surface area contributed by atoms with Crippen molar-refractivity contribution in [2.75, 3.05) is 26.7 Å². The fourth-order valence-corrected chi connectivity index (χ4v) is 3.88. The number of carbonyl (C=O) groups is 3. The molecule has 0 aliphatic carbocycles. The second-order valence-electron chi connectivity index (χ2n) is 7.52. The molecule has 1 atom stereocenters. The molecule has 4 rings (SSSR count). The summed E-state index contributed by atoms with van der Waals surface area (Å²) in [5.74, 6) is -0.886. The average Bonchev–Trinajstić information content (AvgIpc) is 2.82. The Morgan fingerprint density at radius 2 is 1.71 bits per heavy atom. The summed E-state index contributed by atoms with van der Waals surface area (Å²) in [4.78, 5) is 46.2. The zero-order valence-electron chi connectivity index (χ0n) is 17.4. The molecule has 31 heavy (non-hydrogen) atoms. The molecule has 3 aromatic rings. The molecular weight excluding hydrogens is 394 g/mol. The number of para-hydroxylation sites is 1. The number of nitrogens with zero attached hydrogens (tertiary/aromatic N) is 3. The number of hydrogen-bond donors (Lipinski definition) is 0. The standard InChI is InChI=1S/C24H23N3O4/c1-16-15-26(23(29)17-8-4-3-5-9-17)12-13-27(16)24(30)22(28)20-14-21(31-2)18-10-6-7-11-19(18)25-20/h3-11,14,16H,12-13,15H2,1-2H3/t16-/m1/s1. The van der Waals surface area contributed by atoms with Crippen LogP contribution in [-0.2, 0) is 4.79 Å². The largest absolute Gasteiger partial charge is 0.496 e. The van der Waals surface area contributed by atoms with Crippen molar-refractivity contribution in [2.45, 2.75) is 13.0 Å². The van der Waals surface area contributed by atoms with E-state index in [1.807, 2.05) is 43.3 Å². The SMILES string of the molecule is COc1cc(C(=O)C(=O)N2CCN(C(=O)c3ccccc3)C[C@H]2C)nc2ccccc12. The predicted octanol–water partition coefficient (Wildman–Crippen LogP) is 2.80. The number of amides is 2. The number of ketones is 1. The molecule has 0 radical (unpaired) electrons. The molecular formula is C24H23N3O4. The number of Topliss-reactive ketones (excluding diaryl/α,β-unsaturated/α-hetero) is 1. The number of piperazine rings is 1. The number of pyridine rings is 1. The monoisotopic (exact) mass is 417 g/mol. The molecule has 1 aliphatic heterocycles. The summed E-state index contributed by atoms with van der Waals surface area (Å²) in [6, 6.07) is 17.5. The van der Waals surface area contributed by atoms with Gasteiger partial charge in [0, 0.05) is 42.7 Å². The average molecular weight is 417 g/mol. The van der Waals surface area contributed by atoms with Crippen LogP contribution in [0, 0.1) is 0 Å². The van der Waals surface area contributed by atoms with Crippen molar-refractivity contribution in [1.29, 1.82) is 0 Å². The van der Waals surface area contributed by atoms with E-state index in [0.29, 0.717) is 29.9 Å². The molecule has 0 spiro atoms. The van der Waals surface area contributed by atoms with Gasteiger partial charge < -0.3 is 14.5 Å². The number of carbonyl (C=O) groups excluding carboxylic acids is 3. The molecule has 1 fully saturated rings. The minimum Gasteiger partial charge on any atom is -0.496 e. The molecule has 0 saturated carbocycles. The minimum atomic E-state index is -0.682. The van der Waals surface area contributed by atoms with Crippen LogP contribution in [0.4, 0.5) is 0 Å². The summed E-state index contributed by atoms with van der Waals surface area (Å²) in [6.45, 7) is 2.85. The normalized spacial score (nSPS) is 16.3. The van der Waals surface area contributed by atoms with Crippen LogP contribution in [0.25, 0.3) is 10.9 Å². The van der Waals surface area contributed by atoms with Crippen molar-refractivity contribution >= 4 is 28.5 Å². The second-order valence-corrected chi connectivity index (χ2v) is 7.52. The summed E-state index contributed by atoms with van der Waals surface area (Å²) in [5, 5.41) is 0.774. The van der Waals surface area contributed by atoms with E-state index in [2.05, 4.69) is 4.98 Å². The van der Waals surface area contributed by atoms with Crippen LogP contribution in [-0.4, -0.2) is 65.2 Å². The quantitative estimate of drug-likeness (QED) is 0.482. The molecule has 1 saturated heterocycles. The lowest BCUT2D eigenvalue weighted by Crippen LogP contribution is -2.56. The number of benzene rings is 2. The van der Waals surface area contributed by atoms with Gasteiger partial charge in [0.05, 0.1) is 12.6 Å². The number of ether oxygens (including phenoxy) is 1. The highest BCUT2D eigenvalue weighted by Gasteiger charge is 2.34. The predicted molar refractivity (Wildman–Crippen MR) is 116 cm³/mol. The van der Waals surface area contributed by atoms with Gasteiger partial charge >= 0.3 is 0 Å². The van der Waals surface area contributed by atoms with Gasteiger partial charge in [-0.15, -0.1) is 0 Å². The molecule has 158 valence electrons. The molecule has 2 aromatic carbocycles. The summed E-state index contributed by atoms with van der Waals surface area (Å²) in [7, 11) is 1.52.